The van der Waals surface area contributed by atoms with E-state index in [1.54, 1.807) is 0 Å². The number of benzene rings is 1. The van der Waals surface area contributed by atoms with Gasteiger partial charge in [0.15, 0.2) is 0 Å². The first-order valence-corrected chi connectivity index (χ1v) is 3.33. The first-order valence-electron chi connectivity index (χ1n) is 3.33. The first kappa shape index (κ1) is 10.3. The molecule has 0 radical (unpaired) electrons. The van der Waals surface area contributed by atoms with Gasteiger partial charge in [0.2, 0.25) is 0 Å². The quantitative estimate of drug-likeness (QED) is 0.694. The van der Waals surface area contributed by atoms with Crippen molar-refractivity contribution in [3.63, 3.8) is 0 Å². The highest BCUT2D eigenvalue weighted by Gasteiger charge is 1.96. The van der Waals surface area contributed by atoms with Gasteiger partial charge in [0, 0.05) is 0 Å². The average Bonchev–Trinajstić information content (AvgIpc) is 2.04. The number of hydrogen-bond donors (Lipinski definition) is 1. The molecule has 3 heteroatoms. The Morgan fingerprint density at radius 3 is 2.45 bits per heavy atom. The van der Waals surface area contributed by atoms with Crippen LogP contribution in [-0.2, 0) is 6.42 Å². The molecule has 0 aliphatic carbocycles. The van der Waals surface area contributed by atoms with Crippen molar-refractivity contribution in [3.8, 4) is 5.75 Å². The van der Waals surface area contributed by atoms with E-state index in [1.165, 1.54) is 0 Å². The molecule has 1 aromatic carbocycles. The Kier molecular flexibility index (Phi) is 4.66. The predicted molar refractivity (Wildman–Crippen MR) is 47.9 cm³/mol. The molecule has 2 nitrogen and oxygen atoms in total. The Bertz CT molecular complexity index is 192. The summed E-state index contributed by atoms with van der Waals surface area (Å²) in [7, 11) is 0. The molecule has 0 heterocycles. The third kappa shape index (κ3) is 2.41. The summed E-state index contributed by atoms with van der Waals surface area (Å²) in [6.07, 6.45) is 0.952. The number of halogens is 1. The molecule has 0 fully saturated rings. The molecule has 0 aliphatic rings. The van der Waals surface area contributed by atoms with Gasteiger partial charge in [-0.1, -0.05) is 25.1 Å². The maximum Gasteiger partial charge on any atom is 0.149 e. The summed E-state index contributed by atoms with van der Waals surface area (Å²) in [6.45, 7) is 2.07. The molecule has 0 saturated carbocycles. The van der Waals surface area contributed by atoms with E-state index in [4.69, 9.17) is 5.90 Å². The molecule has 0 aromatic heterocycles. The van der Waals surface area contributed by atoms with Crippen molar-refractivity contribution in [2.75, 3.05) is 0 Å². The number of nitrogens with two attached hydrogens (primary N) is 1. The number of aryl methyl sites for hydroxylation is 1. The van der Waals surface area contributed by atoms with Gasteiger partial charge >= 0.3 is 0 Å². The van der Waals surface area contributed by atoms with Gasteiger partial charge in [0.05, 0.1) is 0 Å². The SMILES string of the molecule is CCc1ccccc1ON.Cl. The van der Waals surface area contributed by atoms with Gasteiger partial charge in [-0.2, -0.15) is 5.90 Å². The summed E-state index contributed by atoms with van der Waals surface area (Å²) in [5.74, 6) is 5.79. The van der Waals surface area contributed by atoms with E-state index in [1.807, 2.05) is 24.3 Å². The molecule has 2 N–H and O–H groups in total. The Morgan fingerprint density at radius 1 is 1.36 bits per heavy atom. The fourth-order valence-electron chi connectivity index (χ4n) is 0.911. The molecule has 11 heavy (non-hydrogen) atoms. The monoisotopic (exact) mass is 173 g/mol. The Morgan fingerprint density at radius 2 is 2.00 bits per heavy atom. The molecule has 1 aromatic rings. The summed E-state index contributed by atoms with van der Waals surface area (Å²) in [6, 6.07) is 7.74. The second kappa shape index (κ2) is 4.99. The van der Waals surface area contributed by atoms with Crippen LogP contribution in [0, 0.1) is 0 Å². The van der Waals surface area contributed by atoms with Crippen molar-refractivity contribution in [1.29, 1.82) is 0 Å². The summed E-state index contributed by atoms with van der Waals surface area (Å²) < 4.78 is 0. The van der Waals surface area contributed by atoms with Crippen LogP contribution in [0.5, 0.6) is 5.75 Å². The smallest absolute Gasteiger partial charge is 0.149 e. The number of para-hydroxylation sites is 1. The van der Waals surface area contributed by atoms with Gasteiger partial charge in [-0.15, -0.1) is 12.4 Å². The minimum Gasteiger partial charge on any atom is -0.411 e. The summed E-state index contributed by atoms with van der Waals surface area (Å²) in [5.41, 5.74) is 1.14. The highest BCUT2D eigenvalue weighted by atomic mass is 35.5. The van der Waals surface area contributed by atoms with Gasteiger partial charge in [-0.25, -0.2) is 0 Å². The third-order valence-electron chi connectivity index (χ3n) is 1.48. The lowest BCUT2D eigenvalue weighted by Crippen LogP contribution is -2.03. The van der Waals surface area contributed by atoms with Crippen LogP contribution < -0.4 is 10.7 Å². The van der Waals surface area contributed by atoms with Crippen molar-refractivity contribution in [2.24, 2.45) is 5.90 Å². The van der Waals surface area contributed by atoms with Crippen LogP contribution in [0.1, 0.15) is 12.5 Å². The minimum absolute atomic E-state index is 0. The van der Waals surface area contributed by atoms with E-state index in [-0.39, 0.29) is 12.4 Å². The average molecular weight is 174 g/mol. The second-order valence-corrected chi connectivity index (χ2v) is 2.08. The maximum atomic E-state index is 5.03. The Hall–Kier alpha value is -0.730. The molecule has 0 bridgehead atoms. The van der Waals surface area contributed by atoms with Crippen LogP contribution in [0.2, 0.25) is 0 Å². The molecular weight excluding hydrogens is 162 g/mol. The van der Waals surface area contributed by atoms with Gasteiger partial charge in [0.25, 0.3) is 0 Å². The molecule has 0 amide bonds. The number of hydrogen-bond acceptors (Lipinski definition) is 2. The van der Waals surface area contributed by atoms with Crippen molar-refractivity contribution in [2.45, 2.75) is 13.3 Å². The van der Waals surface area contributed by atoms with E-state index in [0.29, 0.717) is 0 Å². The van der Waals surface area contributed by atoms with Crippen molar-refractivity contribution in [1.82, 2.24) is 0 Å². The van der Waals surface area contributed by atoms with Crippen LogP contribution in [-0.4, -0.2) is 0 Å². The Balaban J connectivity index is 0.000001000. The lowest BCUT2D eigenvalue weighted by Gasteiger charge is -2.02. The van der Waals surface area contributed by atoms with Gasteiger partial charge in [-0.05, 0) is 18.1 Å². The zero-order valence-electron chi connectivity index (χ0n) is 6.41. The maximum absolute atomic E-state index is 5.03. The van der Waals surface area contributed by atoms with Crippen LogP contribution in [0.4, 0.5) is 0 Å². The largest absolute Gasteiger partial charge is 0.411 e. The lowest BCUT2D eigenvalue weighted by atomic mass is 10.1. The Labute approximate surface area is 72.7 Å². The lowest BCUT2D eigenvalue weighted by molar-refractivity contribution is 0.331. The molecule has 0 saturated heterocycles. The number of rotatable bonds is 2. The summed E-state index contributed by atoms with van der Waals surface area (Å²) in [4.78, 5) is 4.64. The van der Waals surface area contributed by atoms with Crippen molar-refractivity contribution in [3.05, 3.63) is 29.8 Å². The highest BCUT2D eigenvalue weighted by Crippen LogP contribution is 2.15. The van der Waals surface area contributed by atoms with Crippen LogP contribution >= 0.6 is 12.4 Å². The fourth-order valence-corrected chi connectivity index (χ4v) is 0.911. The van der Waals surface area contributed by atoms with Crippen LogP contribution in [0.15, 0.2) is 24.3 Å². The molecule has 0 atom stereocenters. The first-order chi connectivity index (χ1) is 4.88. The minimum atomic E-state index is 0. The van der Waals surface area contributed by atoms with Crippen molar-refractivity contribution >= 4 is 12.4 Å². The molecule has 0 aliphatic heterocycles. The summed E-state index contributed by atoms with van der Waals surface area (Å²) >= 11 is 0. The van der Waals surface area contributed by atoms with Crippen molar-refractivity contribution < 1.29 is 4.84 Å². The molecule has 0 spiro atoms. The highest BCUT2D eigenvalue weighted by molar-refractivity contribution is 5.85. The van der Waals surface area contributed by atoms with Gasteiger partial charge < -0.3 is 4.84 Å². The van der Waals surface area contributed by atoms with E-state index in [2.05, 4.69) is 11.8 Å². The second-order valence-electron chi connectivity index (χ2n) is 2.08. The van der Waals surface area contributed by atoms with E-state index in [0.717, 1.165) is 17.7 Å². The van der Waals surface area contributed by atoms with Crippen LogP contribution in [0.25, 0.3) is 0 Å². The van der Waals surface area contributed by atoms with E-state index in [9.17, 15) is 0 Å². The third-order valence-corrected chi connectivity index (χ3v) is 1.48. The molecular formula is C8H12ClNO. The van der Waals surface area contributed by atoms with Crippen LogP contribution in [0.3, 0.4) is 0 Å². The zero-order valence-corrected chi connectivity index (χ0v) is 7.23. The normalized spacial score (nSPS) is 8.55. The molecule has 62 valence electrons. The van der Waals surface area contributed by atoms with E-state index >= 15 is 0 Å². The topological polar surface area (TPSA) is 35.2 Å². The predicted octanol–water partition coefficient (Wildman–Crippen LogP) is 1.92. The van der Waals surface area contributed by atoms with E-state index < -0.39 is 0 Å². The molecule has 0 unspecified atom stereocenters. The van der Waals surface area contributed by atoms with Gasteiger partial charge in [-0.3, -0.25) is 0 Å². The summed E-state index contributed by atoms with van der Waals surface area (Å²) in [5, 5.41) is 0. The van der Waals surface area contributed by atoms with Gasteiger partial charge in [0.1, 0.15) is 5.75 Å². The zero-order chi connectivity index (χ0) is 7.40. The molecule has 1 rings (SSSR count). The fraction of sp³-hybridized carbons (Fsp3) is 0.250. The standard InChI is InChI=1S/C8H11NO.ClH/c1-2-7-5-3-4-6-8(7)10-9;/h3-6H,2,9H2,1H3;1H.